The quantitative estimate of drug-likeness (QED) is 0.322. The standard InChI is InChI=1S/C26H40N2O9/c1-7-12-34-22-14-33-13-20(26(31)37-17(4)19(22)9-8-16(2)3)28-25(30)23-24(36-15-35-18(5)29)21(32-6)10-11-27-23/h10-11,16-17,19-20,22H,7-9,12-15H2,1-6H3,(H,28,30)/t17-,19-,20-,22?/m0/s1. The van der Waals surface area contributed by atoms with Crippen molar-refractivity contribution in [2.75, 3.05) is 33.7 Å². The van der Waals surface area contributed by atoms with Gasteiger partial charge in [0.25, 0.3) is 5.91 Å². The molecule has 37 heavy (non-hydrogen) atoms. The first-order valence-corrected chi connectivity index (χ1v) is 12.7. The Morgan fingerprint density at radius 1 is 1.27 bits per heavy atom. The molecule has 0 saturated carbocycles. The van der Waals surface area contributed by atoms with E-state index in [0.29, 0.717) is 12.5 Å². The summed E-state index contributed by atoms with van der Waals surface area (Å²) in [7, 11) is 1.40. The molecule has 0 aromatic carbocycles. The predicted molar refractivity (Wildman–Crippen MR) is 133 cm³/mol. The molecule has 11 nitrogen and oxygen atoms in total. The highest BCUT2D eigenvalue weighted by molar-refractivity contribution is 5.98. The van der Waals surface area contributed by atoms with Gasteiger partial charge in [-0.15, -0.1) is 0 Å². The van der Waals surface area contributed by atoms with Crippen LogP contribution < -0.4 is 14.8 Å². The SMILES string of the molecule is CCCOC1COC[C@H](NC(=O)c2nccc(OC)c2OCOC(C)=O)C(=O)O[C@@H](C)[C@@H]1CCC(C)C. The van der Waals surface area contributed by atoms with Gasteiger partial charge in [0.15, 0.2) is 23.2 Å². The second-order valence-electron chi connectivity index (χ2n) is 9.34. The normalized spacial score (nSPS) is 22.3. The largest absolute Gasteiger partial charge is 0.493 e. The summed E-state index contributed by atoms with van der Waals surface area (Å²) in [6.07, 6.45) is 3.31. The number of ether oxygens (including phenoxy) is 6. The van der Waals surface area contributed by atoms with Crippen LogP contribution in [-0.4, -0.2) is 74.8 Å². The molecule has 1 aromatic heterocycles. The third-order valence-electron chi connectivity index (χ3n) is 5.92. The highest BCUT2D eigenvalue weighted by Gasteiger charge is 2.35. The molecule has 1 aliphatic rings. The molecule has 1 saturated heterocycles. The molecule has 0 spiro atoms. The smallest absolute Gasteiger partial charge is 0.331 e. The zero-order chi connectivity index (χ0) is 27.4. The minimum atomic E-state index is -1.08. The Hall–Kier alpha value is -2.92. The molecule has 1 unspecified atom stereocenters. The van der Waals surface area contributed by atoms with E-state index in [1.54, 1.807) is 0 Å². The second kappa shape index (κ2) is 15.4. The van der Waals surface area contributed by atoms with Crippen molar-refractivity contribution in [2.45, 2.75) is 72.1 Å². The van der Waals surface area contributed by atoms with E-state index in [9.17, 15) is 14.4 Å². The topological polar surface area (TPSA) is 132 Å². The summed E-state index contributed by atoms with van der Waals surface area (Å²) in [4.78, 5) is 41.4. The van der Waals surface area contributed by atoms with Crippen molar-refractivity contribution in [1.29, 1.82) is 0 Å². The average Bonchev–Trinajstić information content (AvgIpc) is 2.89. The van der Waals surface area contributed by atoms with Crippen molar-refractivity contribution in [2.24, 2.45) is 11.8 Å². The Labute approximate surface area is 218 Å². The third-order valence-corrected chi connectivity index (χ3v) is 5.92. The number of hydrogen-bond donors (Lipinski definition) is 1. The molecule has 4 atom stereocenters. The van der Waals surface area contributed by atoms with E-state index in [2.05, 4.69) is 24.1 Å². The van der Waals surface area contributed by atoms with Crippen LogP contribution in [0.1, 0.15) is 64.4 Å². The molecule has 2 rings (SSSR count). The molecule has 1 fully saturated rings. The van der Waals surface area contributed by atoms with Crippen LogP contribution in [0.3, 0.4) is 0 Å². The molecule has 0 radical (unpaired) electrons. The van der Waals surface area contributed by atoms with Crippen LogP contribution in [0.25, 0.3) is 0 Å². The fourth-order valence-electron chi connectivity index (χ4n) is 3.93. The lowest BCUT2D eigenvalue weighted by atomic mass is 9.89. The van der Waals surface area contributed by atoms with Gasteiger partial charge in [0, 0.05) is 31.7 Å². The number of methoxy groups -OCH3 is 1. The van der Waals surface area contributed by atoms with Crippen molar-refractivity contribution in [3.8, 4) is 11.5 Å². The number of carbonyl (C=O) groups excluding carboxylic acids is 3. The minimum absolute atomic E-state index is 0.0313. The summed E-state index contributed by atoms with van der Waals surface area (Å²) in [6.45, 7) is 9.69. The second-order valence-corrected chi connectivity index (χ2v) is 9.34. The van der Waals surface area contributed by atoms with Crippen LogP contribution in [0, 0.1) is 11.8 Å². The maximum absolute atomic E-state index is 13.2. The first-order chi connectivity index (χ1) is 17.7. The Balaban J connectivity index is 2.20. The Bertz CT molecular complexity index is 893. The lowest BCUT2D eigenvalue weighted by molar-refractivity contribution is -0.155. The van der Waals surface area contributed by atoms with Crippen molar-refractivity contribution in [3.63, 3.8) is 0 Å². The first-order valence-electron chi connectivity index (χ1n) is 12.7. The van der Waals surface area contributed by atoms with Gasteiger partial charge in [0.1, 0.15) is 6.10 Å². The number of carbonyl (C=O) groups is 3. The zero-order valence-corrected chi connectivity index (χ0v) is 22.6. The van der Waals surface area contributed by atoms with Crippen molar-refractivity contribution in [3.05, 3.63) is 18.0 Å². The van der Waals surface area contributed by atoms with Crippen molar-refractivity contribution >= 4 is 17.8 Å². The van der Waals surface area contributed by atoms with E-state index in [-0.39, 0.29) is 42.4 Å². The van der Waals surface area contributed by atoms with Gasteiger partial charge >= 0.3 is 11.9 Å². The van der Waals surface area contributed by atoms with Gasteiger partial charge in [-0.05, 0) is 25.7 Å². The molecule has 0 aliphatic carbocycles. The van der Waals surface area contributed by atoms with E-state index >= 15 is 0 Å². The van der Waals surface area contributed by atoms with Crippen molar-refractivity contribution < 1.29 is 42.8 Å². The Kier molecular flexibility index (Phi) is 12.6. The molecule has 1 N–H and O–H groups in total. The van der Waals surface area contributed by atoms with Crippen LogP contribution in [0.5, 0.6) is 11.5 Å². The van der Waals surface area contributed by atoms with Crippen molar-refractivity contribution in [1.82, 2.24) is 10.3 Å². The predicted octanol–water partition coefficient (Wildman–Crippen LogP) is 2.90. The Morgan fingerprint density at radius 3 is 2.68 bits per heavy atom. The van der Waals surface area contributed by atoms with Gasteiger partial charge in [-0.25, -0.2) is 9.78 Å². The van der Waals surface area contributed by atoms with Gasteiger partial charge in [-0.3, -0.25) is 9.59 Å². The van der Waals surface area contributed by atoms with Crippen LogP contribution >= 0.6 is 0 Å². The molecule has 208 valence electrons. The molecule has 2 heterocycles. The molecular formula is C26H40N2O9. The lowest BCUT2D eigenvalue weighted by Crippen LogP contribution is -2.46. The van der Waals surface area contributed by atoms with Gasteiger partial charge in [0.2, 0.25) is 6.79 Å². The summed E-state index contributed by atoms with van der Waals surface area (Å²) < 4.78 is 33.2. The van der Waals surface area contributed by atoms with E-state index in [1.807, 2.05) is 13.8 Å². The van der Waals surface area contributed by atoms with Gasteiger partial charge in [-0.1, -0.05) is 27.2 Å². The van der Waals surface area contributed by atoms with Gasteiger partial charge in [0.05, 0.1) is 26.4 Å². The Morgan fingerprint density at radius 2 is 2.03 bits per heavy atom. The van der Waals surface area contributed by atoms with Crippen LogP contribution in [0.15, 0.2) is 12.3 Å². The average molecular weight is 525 g/mol. The maximum Gasteiger partial charge on any atom is 0.331 e. The first kappa shape index (κ1) is 30.3. The summed E-state index contributed by atoms with van der Waals surface area (Å²) in [5.41, 5.74) is -0.147. The van der Waals surface area contributed by atoms with E-state index < -0.39 is 36.8 Å². The highest BCUT2D eigenvalue weighted by atomic mass is 16.7. The highest BCUT2D eigenvalue weighted by Crippen LogP contribution is 2.30. The summed E-state index contributed by atoms with van der Waals surface area (Å²) >= 11 is 0. The number of aromatic nitrogens is 1. The maximum atomic E-state index is 13.2. The molecule has 1 aliphatic heterocycles. The van der Waals surface area contributed by atoms with Crippen LogP contribution in [0.2, 0.25) is 0 Å². The number of pyridine rings is 1. The number of hydrogen-bond acceptors (Lipinski definition) is 10. The lowest BCUT2D eigenvalue weighted by Gasteiger charge is -2.31. The fraction of sp³-hybridized carbons (Fsp3) is 0.692. The van der Waals surface area contributed by atoms with E-state index in [4.69, 9.17) is 28.4 Å². The number of nitrogens with zero attached hydrogens (tertiary/aromatic N) is 1. The molecular weight excluding hydrogens is 484 g/mol. The molecule has 11 heteroatoms. The summed E-state index contributed by atoms with van der Waals surface area (Å²) in [5, 5.41) is 2.63. The monoisotopic (exact) mass is 524 g/mol. The molecule has 1 aromatic rings. The minimum Gasteiger partial charge on any atom is -0.493 e. The summed E-state index contributed by atoms with van der Waals surface area (Å²) in [5.74, 6) is -1.26. The number of amides is 1. The molecule has 0 bridgehead atoms. The number of esters is 2. The zero-order valence-electron chi connectivity index (χ0n) is 22.6. The van der Waals surface area contributed by atoms with E-state index in [0.717, 1.165) is 19.3 Å². The molecule has 1 amide bonds. The van der Waals surface area contributed by atoms with E-state index in [1.165, 1.54) is 26.3 Å². The third kappa shape index (κ3) is 9.47. The number of cyclic esters (lactones) is 1. The number of nitrogens with one attached hydrogen (secondary N) is 1. The number of rotatable bonds is 12. The van der Waals surface area contributed by atoms with Crippen LogP contribution in [-0.2, 0) is 28.5 Å². The fourth-order valence-corrected chi connectivity index (χ4v) is 3.93. The van der Waals surface area contributed by atoms with Crippen LogP contribution in [0.4, 0.5) is 0 Å². The summed E-state index contributed by atoms with van der Waals surface area (Å²) in [6, 6.07) is 0.409. The van der Waals surface area contributed by atoms with Gasteiger partial charge in [-0.2, -0.15) is 0 Å². The van der Waals surface area contributed by atoms with Gasteiger partial charge < -0.3 is 33.7 Å².